The number of esters is 1. The third-order valence-corrected chi connectivity index (χ3v) is 6.50. The molecule has 0 aliphatic heterocycles. The molecule has 0 aliphatic rings. The lowest BCUT2D eigenvalue weighted by Crippen LogP contribution is -2.20. The second-order valence-corrected chi connectivity index (χ2v) is 9.27. The van der Waals surface area contributed by atoms with Crippen LogP contribution >= 0.6 is 0 Å². The Morgan fingerprint density at radius 3 is 2.22 bits per heavy atom. The molecule has 0 N–H and O–H groups in total. The van der Waals surface area contributed by atoms with E-state index in [-0.39, 0.29) is 29.5 Å². The van der Waals surface area contributed by atoms with E-state index >= 15 is 0 Å². The zero-order valence-corrected chi connectivity index (χ0v) is 22.3. The quantitative estimate of drug-likeness (QED) is 0.216. The third kappa shape index (κ3) is 4.71. The zero-order chi connectivity index (χ0) is 28.5. The number of hydrogen-bond acceptors (Lipinski definition) is 7. The monoisotopic (exact) mass is 544 g/mol. The van der Waals surface area contributed by atoms with Gasteiger partial charge in [0.2, 0.25) is 17.4 Å². The summed E-state index contributed by atoms with van der Waals surface area (Å²) in [6.07, 6.45) is 1.45. The number of rotatable bonds is 7. The van der Waals surface area contributed by atoms with Crippen molar-refractivity contribution in [3.63, 3.8) is 0 Å². The summed E-state index contributed by atoms with van der Waals surface area (Å²) in [4.78, 5) is 45.3. The van der Waals surface area contributed by atoms with Crippen LogP contribution in [0.1, 0.15) is 39.2 Å². The van der Waals surface area contributed by atoms with E-state index in [9.17, 15) is 14.4 Å². The molecule has 3 aromatic carbocycles. The molecule has 41 heavy (non-hydrogen) atoms. The van der Waals surface area contributed by atoms with Gasteiger partial charge in [-0.05, 0) is 38.1 Å². The molecule has 0 unspecified atom stereocenters. The van der Waals surface area contributed by atoms with E-state index in [1.165, 1.54) is 21.6 Å². The fourth-order valence-electron chi connectivity index (χ4n) is 4.48. The molecule has 0 saturated heterocycles. The summed E-state index contributed by atoms with van der Waals surface area (Å²) in [6.45, 7) is 3.72. The van der Waals surface area contributed by atoms with E-state index < -0.39 is 17.3 Å². The topological polar surface area (TPSA) is 113 Å². The Bertz CT molecular complexity index is 1960. The van der Waals surface area contributed by atoms with Gasteiger partial charge in [0.05, 0.1) is 29.2 Å². The van der Waals surface area contributed by atoms with Crippen LogP contribution in [0.3, 0.4) is 0 Å². The van der Waals surface area contributed by atoms with Crippen molar-refractivity contribution >= 4 is 17.5 Å². The van der Waals surface area contributed by atoms with Crippen molar-refractivity contribution in [2.45, 2.75) is 13.8 Å². The van der Waals surface area contributed by atoms with Crippen molar-refractivity contribution in [1.82, 2.24) is 28.9 Å². The fourth-order valence-corrected chi connectivity index (χ4v) is 4.48. The van der Waals surface area contributed by atoms with Gasteiger partial charge in [0.25, 0.3) is 5.56 Å². The summed E-state index contributed by atoms with van der Waals surface area (Å²) in [5, 5.41) is 8.93. The Kier molecular flexibility index (Phi) is 6.56. The van der Waals surface area contributed by atoms with Gasteiger partial charge in [-0.25, -0.2) is 18.9 Å². The first-order valence-electron chi connectivity index (χ1n) is 13.0. The van der Waals surface area contributed by atoms with Gasteiger partial charge >= 0.3 is 5.97 Å². The average Bonchev–Trinajstić information content (AvgIpc) is 3.62. The van der Waals surface area contributed by atoms with Crippen molar-refractivity contribution in [1.29, 1.82) is 0 Å². The van der Waals surface area contributed by atoms with Crippen LogP contribution in [0, 0.1) is 6.92 Å². The number of fused-ring (bicyclic) bond motifs is 1. The molecule has 0 radical (unpaired) electrons. The molecule has 202 valence electrons. The number of benzene rings is 3. The van der Waals surface area contributed by atoms with E-state index in [1.54, 1.807) is 19.1 Å². The second kappa shape index (κ2) is 10.5. The van der Waals surface area contributed by atoms with Crippen LogP contribution in [0.4, 0.5) is 0 Å². The molecular formula is C31H24N6O4. The molecule has 0 fully saturated rings. The van der Waals surface area contributed by atoms with Gasteiger partial charge in [-0.15, -0.1) is 5.10 Å². The summed E-state index contributed by atoms with van der Waals surface area (Å²) < 4.78 is 9.23. The predicted molar refractivity (Wildman–Crippen MR) is 152 cm³/mol. The molecule has 3 aromatic heterocycles. The van der Waals surface area contributed by atoms with E-state index in [0.717, 1.165) is 15.5 Å². The first-order chi connectivity index (χ1) is 19.9. The molecule has 6 aromatic rings. The Morgan fingerprint density at radius 1 is 0.854 bits per heavy atom. The molecule has 6 rings (SSSR count). The van der Waals surface area contributed by atoms with Gasteiger partial charge in [0, 0.05) is 17.8 Å². The van der Waals surface area contributed by atoms with Crippen molar-refractivity contribution in [2.75, 3.05) is 6.61 Å². The van der Waals surface area contributed by atoms with Crippen molar-refractivity contribution in [3.8, 4) is 22.6 Å². The number of ether oxygens (including phenoxy) is 1. The van der Waals surface area contributed by atoms with Crippen molar-refractivity contribution < 1.29 is 14.3 Å². The van der Waals surface area contributed by atoms with Gasteiger partial charge in [0.15, 0.2) is 5.69 Å². The van der Waals surface area contributed by atoms with E-state index in [1.807, 2.05) is 79.7 Å². The summed E-state index contributed by atoms with van der Waals surface area (Å²) in [5.41, 5.74) is 2.74. The van der Waals surface area contributed by atoms with Gasteiger partial charge in [-0.3, -0.25) is 9.59 Å². The van der Waals surface area contributed by atoms with E-state index in [0.29, 0.717) is 17.1 Å². The summed E-state index contributed by atoms with van der Waals surface area (Å²) in [6, 6.07) is 27.1. The molecule has 0 bridgehead atoms. The van der Waals surface area contributed by atoms with Gasteiger partial charge < -0.3 is 4.74 Å². The van der Waals surface area contributed by atoms with Crippen LogP contribution in [0.5, 0.6) is 0 Å². The molecule has 0 amide bonds. The Hall–Kier alpha value is -5.64. The minimum atomic E-state index is -0.759. The molecule has 0 atom stereocenters. The number of aromatic nitrogens is 6. The highest BCUT2D eigenvalue weighted by molar-refractivity contribution is 6.12. The maximum absolute atomic E-state index is 14.1. The standard InChI is InChI=1S/C31H24N6O4/c1-3-41-30(40)27-24(19-35(33-27)22-16-14-20(2)15-17-22)28(39)29-34-37(23-12-8-5-9-13-23)31-32-25(18-26(38)36(29)31)21-10-6-4-7-11-21/h4-19H,3H2,1-2H3. The number of hydrogen-bond donors (Lipinski definition) is 0. The normalized spacial score (nSPS) is 11.1. The lowest BCUT2D eigenvalue weighted by atomic mass is 10.1. The number of ketones is 1. The maximum atomic E-state index is 14.1. The molecular weight excluding hydrogens is 520 g/mol. The molecule has 10 nitrogen and oxygen atoms in total. The fraction of sp³-hybridized carbons (Fsp3) is 0.0968. The molecule has 0 saturated carbocycles. The maximum Gasteiger partial charge on any atom is 0.359 e. The third-order valence-electron chi connectivity index (χ3n) is 6.50. The average molecular weight is 545 g/mol. The summed E-state index contributed by atoms with van der Waals surface area (Å²) in [5.74, 6) is -1.50. The van der Waals surface area contributed by atoms with Crippen LogP contribution in [-0.2, 0) is 4.74 Å². The number of carbonyl (C=O) groups excluding carboxylic acids is 2. The minimum Gasteiger partial charge on any atom is -0.461 e. The molecule has 10 heteroatoms. The van der Waals surface area contributed by atoms with Gasteiger partial charge in [-0.2, -0.15) is 9.78 Å². The number of aryl methyl sites for hydroxylation is 1. The SMILES string of the molecule is CCOC(=O)c1nn(-c2ccc(C)cc2)cc1C(=O)c1nn(-c2ccccc2)c2nc(-c3ccccc3)cc(=O)n12. The van der Waals surface area contributed by atoms with Crippen LogP contribution < -0.4 is 5.56 Å². The lowest BCUT2D eigenvalue weighted by molar-refractivity contribution is 0.0516. The van der Waals surface area contributed by atoms with Crippen LogP contribution in [0.25, 0.3) is 28.4 Å². The Morgan fingerprint density at radius 2 is 1.54 bits per heavy atom. The Balaban J connectivity index is 1.57. The van der Waals surface area contributed by atoms with Crippen LogP contribution in [0.15, 0.2) is 102 Å². The minimum absolute atomic E-state index is 0.0531. The number of para-hydroxylation sites is 1. The summed E-state index contributed by atoms with van der Waals surface area (Å²) >= 11 is 0. The zero-order valence-electron chi connectivity index (χ0n) is 22.3. The summed E-state index contributed by atoms with van der Waals surface area (Å²) in [7, 11) is 0. The predicted octanol–water partition coefficient (Wildman–Crippen LogP) is 4.45. The van der Waals surface area contributed by atoms with Crippen LogP contribution in [0.2, 0.25) is 0 Å². The first-order valence-corrected chi connectivity index (χ1v) is 13.0. The molecule has 0 aliphatic carbocycles. The molecule has 0 spiro atoms. The number of carbonyl (C=O) groups is 2. The highest BCUT2D eigenvalue weighted by atomic mass is 16.5. The van der Waals surface area contributed by atoms with Gasteiger partial charge in [0.1, 0.15) is 0 Å². The first kappa shape index (κ1) is 25.6. The van der Waals surface area contributed by atoms with E-state index in [4.69, 9.17) is 9.72 Å². The van der Waals surface area contributed by atoms with Crippen molar-refractivity contribution in [2.24, 2.45) is 0 Å². The Labute approximate surface area is 234 Å². The van der Waals surface area contributed by atoms with E-state index in [2.05, 4.69) is 10.2 Å². The smallest absolute Gasteiger partial charge is 0.359 e. The molecule has 3 heterocycles. The highest BCUT2D eigenvalue weighted by Gasteiger charge is 2.30. The van der Waals surface area contributed by atoms with Gasteiger partial charge in [-0.1, -0.05) is 66.2 Å². The van der Waals surface area contributed by atoms with Crippen molar-refractivity contribution in [3.05, 3.63) is 130 Å². The number of nitrogens with zero attached hydrogens (tertiary/aromatic N) is 6. The second-order valence-electron chi connectivity index (χ2n) is 9.27. The van der Waals surface area contributed by atoms with Crippen LogP contribution in [-0.4, -0.2) is 47.3 Å². The largest absolute Gasteiger partial charge is 0.461 e. The highest BCUT2D eigenvalue weighted by Crippen LogP contribution is 2.22. The lowest BCUT2D eigenvalue weighted by Gasteiger charge is -2.04.